The minimum atomic E-state index is -0.142. The quantitative estimate of drug-likeness (QED) is 0.746. The van der Waals surface area contributed by atoms with Crippen molar-refractivity contribution in [2.75, 3.05) is 0 Å². The van der Waals surface area contributed by atoms with Gasteiger partial charge in [0.1, 0.15) is 0 Å². The molecule has 0 fully saturated rings. The molecule has 0 aromatic carbocycles. The van der Waals surface area contributed by atoms with Crippen LogP contribution in [0, 0.1) is 0 Å². The van der Waals surface area contributed by atoms with Gasteiger partial charge in [0, 0.05) is 23.7 Å². The van der Waals surface area contributed by atoms with Crippen LogP contribution in [-0.4, -0.2) is 29.8 Å². The molecule has 0 saturated heterocycles. The van der Waals surface area contributed by atoms with Crippen LogP contribution in [0.2, 0.25) is 0 Å². The summed E-state index contributed by atoms with van der Waals surface area (Å²) in [5.41, 5.74) is 2.14. The Bertz CT molecular complexity index is 836. The van der Waals surface area contributed by atoms with Crippen molar-refractivity contribution in [2.24, 2.45) is 10.2 Å². The van der Waals surface area contributed by atoms with Gasteiger partial charge in [0.2, 0.25) is 5.65 Å². The van der Waals surface area contributed by atoms with Gasteiger partial charge in [-0.2, -0.15) is 4.63 Å². The van der Waals surface area contributed by atoms with Gasteiger partial charge in [-0.15, -0.1) is 15.3 Å². The Morgan fingerprint density at radius 3 is 2.57 bits per heavy atom. The molecule has 3 heterocycles. The molecule has 0 unspecified atom stereocenters. The van der Waals surface area contributed by atoms with Crippen LogP contribution < -0.4 is 0 Å². The van der Waals surface area contributed by atoms with E-state index in [4.69, 9.17) is 0 Å². The van der Waals surface area contributed by atoms with E-state index in [0.29, 0.717) is 17.2 Å². The molecule has 0 aliphatic carbocycles. The predicted octanol–water partition coefficient (Wildman–Crippen LogP) is 3.68. The fourth-order valence-electron chi connectivity index (χ4n) is 2.14. The predicted molar refractivity (Wildman–Crippen MR) is 86.3 cm³/mol. The molecule has 0 aliphatic heterocycles. The van der Waals surface area contributed by atoms with Gasteiger partial charge < -0.3 is 0 Å². The number of aromatic amines is 1. The molecular formula is C15H20N8. The van der Waals surface area contributed by atoms with Crippen LogP contribution in [0.25, 0.3) is 5.65 Å². The molecule has 0 atom stereocenters. The van der Waals surface area contributed by atoms with Crippen molar-refractivity contribution in [3.63, 3.8) is 0 Å². The van der Waals surface area contributed by atoms with Crippen LogP contribution in [0.1, 0.15) is 52.1 Å². The minimum Gasteiger partial charge on any atom is -0.277 e. The van der Waals surface area contributed by atoms with E-state index in [1.54, 1.807) is 23.2 Å². The second kappa shape index (κ2) is 5.53. The maximum Gasteiger partial charge on any atom is 0.203 e. The van der Waals surface area contributed by atoms with Gasteiger partial charge in [-0.1, -0.05) is 34.6 Å². The number of hydrogen-bond donors (Lipinski definition) is 1. The highest BCUT2D eigenvalue weighted by Crippen LogP contribution is 2.34. The Balaban J connectivity index is 2.13. The number of nitrogens with one attached hydrogen (secondary N) is 1. The van der Waals surface area contributed by atoms with Gasteiger partial charge in [-0.3, -0.25) is 10.1 Å². The Morgan fingerprint density at radius 1 is 1.17 bits per heavy atom. The molecule has 0 spiro atoms. The maximum absolute atomic E-state index is 4.59. The lowest BCUT2D eigenvalue weighted by atomic mass is 9.91. The summed E-state index contributed by atoms with van der Waals surface area (Å²) in [6.45, 7) is 10.4. The van der Waals surface area contributed by atoms with Crippen molar-refractivity contribution in [1.82, 2.24) is 29.8 Å². The number of hydrogen-bond acceptors (Lipinski definition) is 6. The van der Waals surface area contributed by atoms with Crippen molar-refractivity contribution < 1.29 is 0 Å². The van der Waals surface area contributed by atoms with Crippen molar-refractivity contribution >= 4 is 17.2 Å². The van der Waals surface area contributed by atoms with Crippen molar-refractivity contribution in [3.05, 3.63) is 30.1 Å². The minimum absolute atomic E-state index is 0.142. The zero-order valence-corrected chi connectivity index (χ0v) is 13.9. The highest BCUT2D eigenvalue weighted by Gasteiger charge is 2.26. The summed E-state index contributed by atoms with van der Waals surface area (Å²) >= 11 is 0. The first kappa shape index (κ1) is 15.3. The Kier molecular flexibility index (Phi) is 3.67. The van der Waals surface area contributed by atoms with E-state index in [2.05, 4.69) is 70.0 Å². The SMILES string of the molecule is CC(C)c1nc2c(N=Nc3cnccn3)c(C(C)(C)C)[nH]n2n1. The lowest BCUT2D eigenvalue weighted by molar-refractivity contribution is 0.555. The Hall–Kier alpha value is -2.64. The molecule has 3 aromatic heterocycles. The molecular weight excluding hydrogens is 292 g/mol. The summed E-state index contributed by atoms with van der Waals surface area (Å²) in [7, 11) is 0. The van der Waals surface area contributed by atoms with Crippen LogP contribution in [0.3, 0.4) is 0 Å². The summed E-state index contributed by atoms with van der Waals surface area (Å²) in [6, 6.07) is 0. The summed E-state index contributed by atoms with van der Waals surface area (Å²) in [6.07, 6.45) is 4.74. The Labute approximate surface area is 134 Å². The lowest BCUT2D eigenvalue weighted by Crippen LogP contribution is -2.12. The lowest BCUT2D eigenvalue weighted by Gasteiger charge is -2.16. The standard InChI is InChI=1S/C15H20N8/c1-9(2)13-18-14-11(20-19-10-8-16-6-7-17-10)12(15(3,4)5)21-23(14)22-13/h6-9,21H,1-5H3. The highest BCUT2D eigenvalue weighted by molar-refractivity contribution is 5.67. The average Bonchev–Trinajstić information content (AvgIpc) is 3.03. The third kappa shape index (κ3) is 2.96. The number of H-pyrrole nitrogens is 1. The van der Waals surface area contributed by atoms with Crippen LogP contribution in [-0.2, 0) is 5.41 Å². The van der Waals surface area contributed by atoms with Crippen molar-refractivity contribution in [3.8, 4) is 0 Å². The monoisotopic (exact) mass is 312 g/mol. The number of fused-ring (bicyclic) bond motifs is 1. The van der Waals surface area contributed by atoms with Gasteiger partial charge in [0.15, 0.2) is 17.3 Å². The van der Waals surface area contributed by atoms with Crippen LogP contribution >= 0.6 is 0 Å². The molecule has 0 aliphatic rings. The number of aromatic nitrogens is 6. The van der Waals surface area contributed by atoms with Crippen molar-refractivity contribution in [2.45, 2.75) is 46.0 Å². The van der Waals surface area contributed by atoms with Crippen LogP contribution in [0.5, 0.6) is 0 Å². The first-order valence-corrected chi connectivity index (χ1v) is 7.53. The second-order valence-corrected chi connectivity index (χ2v) is 6.71. The summed E-state index contributed by atoms with van der Waals surface area (Å²) in [5.74, 6) is 1.47. The second-order valence-electron chi connectivity index (χ2n) is 6.71. The zero-order valence-electron chi connectivity index (χ0n) is 13.9. The van der Waals surface area contributed by atoms with Gasteiger partial charge >= 0.3 is 0 Å². The van der Waals surface area contributed by atoms with Crippen molar-refractivity contribution in [1.29, 1.82) is 0 Å². The smallest absolute Gasteiger partial charge is 0.203 e. The van der Waals surface area contributed by atoms with E-state index in [-0.39, 0.29) is 11.3 Å². The number of nitrogens with zero attached hydrogens (tertiary/aromatic N) is 7. The van der Waals surface area contributed by atoms with E-state index in [1.165, 1.54) is 0 Å². The molecule has 3 aromatic rings. The third-order valence-electron chi connectivity index (χ3n) is 3.36. The molecule has 0 radical (unpaired) electrons. The van der Waals surface area contributed by atoms with E-state index in [1.807, 2.05) is 0 Å². The fourth-order valence-corrected chi connectivity index (χ4v) is 2.14. The maximum atomic E-state index is 4.59. The van der Waals surface area contributed by atoms with E-state index in [0.717, 1.165) is 11.5 Å². The molecule has 1 N–H and O–H groups in total. The molecule has 0 saturated carbocycles. The number of rotatable bonds is 3. The first-order valence-electron chi connectivity index (χ1n) is 7.53. The van der Waals surface area contributed by atoms with Crippen LogP contribution in [0.15, 0.2) is 28.8 Å². The Morgan fingerprint density at radius 2 is 1.96 bits per heavy atom. The molecule has 0 bridgehead atoms. The molecule has 23 heavy (non-hydrogen) atoms. The van der Waals surface area contributed by atoms with E-state index in [9.17, 15) is 0 Å². The molecule has 8 nitrogen and oxygen atoms in total. The first-order chi connectivity index (χ1) is 10.9. The average molecular weight is 312 g/mol. The molecule has 8 heteroatoms. The number of azo groups is 1. The largest absolute Gasteiger partial charge is 0.277 e. The summed E-state index contributed by atoms with van der Waals surface area (Å²) < 4.78 is 1.67. The molecule has 120 valence electrons. The topological polar surface area (TPSA) is 96.5 Å². The summed E-state index contributed by atoms with van der Waals surface area (Å²) in [5, 5.41) is 16.3. The van der Waals surface area contributed by atoms with Gasteiger partial charge in [0.25, 0.3) is 0 Å². The molecule has 3 rings (SSSR count). The van der Waals surface area contributed by atoms with Gasteiger partial charge in [-0.05, 0) is 0 Å². The molecule has 0 amide bonds. The zero-order chi connectivity index (χ0) is 16.6. The van der Waals surface area contributed by atoms with Gasteiger partial charge in [-0.25, -0.2) is 9.97 Å². The highest BCUT2D eigenvalue weighted by atomic mass is 15.5. The fraction of sp³-hybridized carbons (Fsp3) is 0.467. The van der Waals surface area contributed by atoms with Crippen LogP contribution in [0.4, 0.5) is 11.5 Å². The third-order valence-corrected chi connectivity index (χ3v) is 3.36. The van der Waals surface area contributed by atoms with E-state index >= 15 is 0 Å². The van der Waals surface area contributed by atoms with Gasteiger partial charge in [0.05, 0.1) is 11.9 Å². The summed E-state index contributed by atoms with van der Waals surface area (Å²) in [4.78, 5) is 12.7. The normalized spacial score (nSPS) is 12.8. The van der Waals surface area contributed by atoms with E-state index < -0.39 is 0 Å².